The summed E-state index contributed by atoms with van der Waals surface area (Å²) in [5.41, 5.74) is 4.53. The fourth-order valence-electron chi connectivity index (χ4n) is 5.00. The molecule has 2 fully saturated rings. The molecule has 0 radical (unpaired) electrons. The van der Waals surface area contributed by atoms with Crippen molar-refractivity contribution in [1.29, 1.82) is 0 Å². The summed E-state index contributed by atoms with van der Waals surface area (Å²) in [7, 11) is 2.24. The maximum Gasteiger partial charge on any atom is 0.328 e. The molecule has 28 heavy (non-hydrogen) atoms. The maximum atomic E-state index is 9.55. The fourth-order valence-corrected chi connectivity index (χ4v) is 5.00. The average molecular weight is 387 g/mol. The zero-order chi connectivity index (χ0) is 20.3. The van der Waals surface area contributed by atoms with Crippen molar-refractivity contribution in [2.75, 3.05) is 26.7 Å². The van der Waals surface area contributed by atoms with Gasteiger partial charge < -0.3 is 19.8 Å². The van der Waals surface area contributed by atoms with Crippen molar-refractivity contribution in [1.82, 2.24) is 4.90 Å². The predicted octanol–water partition coefficient (Wildman–Crippen LogP) is 2.84. The van der Waals surface area contributed by atoms with Crippen LogP contribution in [-0.2, 0) is 26.3 Å². The Kier molecular flexibility index (Phi) is 6.20. The Balaban J connectivity index is 0.000000242. The fraction of sp³-hybridized carbons (Fsp3) is 0.545. The highest BCUT2D eigenvalue weighted by molar-refractivity contribution is 5.89. The van der Waals surface area contributed by atoms with Crippen molar-refractivity contribution in [3.8, 4) is 0 Å². The monoisotopic (exact) mass is 387 g/mol. The third-order valence-corrected chi connectivity index (χ3v) is 6.26. The second-order valence-corrected chi connectivity index (χ2v) is 8.08. The Labute approximate surface area is 165 Å². The van der Waals surface area contributed by atoms with E-state index in [4.69, 9.17) is 14.9 Å². The van der Waals surface area contributed by atoms with Crippen molar-refractivity contribution in [3.63, 3.8) is 0 Å². The minimum atomic E-state index is -1.26. The van der Waals surface area contributed by atoms with Crippen LogP contribution in [0.1, 0.15) is 36.0 Å². The van der Waals surface area contributed by atoms with Crippen molar-refractivity contribution in [3.05, 3.63) is 47.0 Å². The standard InChI is InChI=1S/C18H25NO.C4H4O4/c1-13-3-4-14-12-16-7-10-20-18(16,17(14)11-13)15-5-8-19(2)9-6-15;5-3(6)1-2-4(7)8/h3-4,11,15-16H,5-10,12H2,1-2H3;1-2H,(H,5,6)(H,7,8)/b;2-1+. The number of piperidine rings is 1. The number of rotatable bonds is 3. The number of hydrogen-bond acceptors (Lipinski definition) is 4. The van der Waals surface area contributed by atoms with Gasteiger partial charge in [-0.3, -0.25) is 0 Å². The first-order valence-electron chi connectivity index (χ1n) is 9.89. The van der Waals surface area contributed by atoms with Crippen LogP contribution >= 0.6 is 0 Å². The Morgan fingerprint density at radius 1 is 1.11 bits per heavy atom. The highest BCUT2D eigenvalue weighted by Crippen LogP contribution is 2.56. The van der Waals surface area contributed by atoms with Crippen LogP contribution in [0.3, 0.4) is 0 Å². The molecule has 2 atom stereocenters. The zero-order valence-corrected chi connectivity index (χ0v) is 16.6. The Morgan fingerprint density at radius 3 is 2.36 bits per heavy atom. The van der Waals surface area contributed by atoms with Crippen LogP contribution in [0.2, 0.25) is 0 Å². The Hall–Kier alpha value is -2.18. The largest absolute Gasteiger partial charge is 0.478 e. The number of aliphatic carboxylic acids is 2. The molecule has 6 nitrogen and oxygen atoms in total. The van der Waals surface area contributed by atoms with Gasteiger partial charge in [0.15, 0.2) is 0 Å². The summed E-state index contributed by atoms with van der Waals surface area (Å²) >= 11 is 0. The van der Waals surface area contributed by atoms with Gasteiger partial charge in [0, 0.05) is 18.8 Å². The normalized spacial score (nSPS) is 27.1. The van der Waals surface area contributed by atoms with Crippen molar-refractivity contribution in [2.45, 2.75) is 38.2 Å². The number of fused-ring (bicyclic) bond motifs is 3. The number of benzene rings is 1. The van der Waals surface area contributed by atoms with E-state index in [0.29, 0.717) is 18.1 Å². The summed E-state index contributed by atoms with van der Waals surface area (Å²) in [5.74, 6) is -1.07. The van der Waals surface area contributed by atoms with E-state index in [1.54, 1.807) is 5.56 Å². The van der Waals surface area contributed by atoms with E-state index in [1.165, 1.54) is 49.9 Å². The van der Waals surface area contributed by atoms with Crippen molar-refractivity contribution >= 4 is 11.9 Å². The molecule has 4 rings (SSSR count). The van der Waals surface area contributed by atoms with Crippen LogP contribution in [0.15, 0.2) is 30.4 Å². The topological polar surface area (TPSA) is 87.1 Å². The number of carbonyl (C=O) groups is 2. The molecule has 1 aromatic carbocycles. The average Bonchev–Trinajstić information content (AvgIpc) is 3.19. The lowest BCUT2D eigenvalue weighted by Crippen LogP contribution is -2.44. The third-order valence-electron chi connectivity index (χ3n) is 6.26. The molecule has 2 N–H and O–H groups in total. The number of carboxylic acids is 2. The van der Waals surface area contributed by atoms with Gasteiger partial charge in [-0.15, -0.1) is 0 Å². The quantitative estimate of drug-likeness (QED) is 0.776. The zero-order valence-electron chi connectivity index (χ0n) is 16.6. The summed E-state index contributed by atoms with van der Waals surface area (Å²) < 4.78 is 6.50. The lowest BCUT2D eigenvalue weighted by molar-refractivity contribution is -0.134. The first kappa shape index (κ1) is 20.6. The molecule has 2 unspecified atom stereocenters. The summed E-state index contributed by atoms with van der Waals surface area (Å²) in [4.78, 5) is 21.6. The van der Waals surface area contributed by atoms with E-state index in [1.807, 2.05) is 0 Å². The van der Waals surface area contributed by atoms with E-state index in [-0.39, 0.29) is 5.60 Å². The van der Waals surface area contributed by atoms with Gasteiger partial charge in [0.1, 0.15) is 0 Å². The minimum Gasteiger partial charge on any atom is -0.478 e. The molecule has 2 heterocycles. The maximum absolute atomic E-state index is 9.55. The minimum absolute atomic E-state index is 0.0581. The molecule has 0 amide bonds. The molecular formula is C22H29NO5. The summed E-state index contributed by atoms with van der Waals surface area (Å²) in [6.07, 6.45) is 6.19. The van der Waals surface area contributed by atoms with E-state index in [0.717, 1.165) is 12.5 Å². The van der Waals surface area contributed by atoms with Gasteiger partial charge >= 0.3 is 11.9 Å². The van der Waals surface area contributed by atoms with Crippen LogP contribution in [0.25, 0.3) is 0 Å². The van der Waals surface area contributed by atoms with E-state index in [2.05, 4.69) is 37.1 Å². The van der Waals surface area contributed by atoms with Gasteiger partial charge in [0.05, 0.1) is 5.60 Å². The molecule has 3 aliphatic rings. The number of likely N-dealkylation sites (tertiary alicyclic amines) is 1. The Bertz CT molecular complexity index is 750. The first-order chi connectivity index (χ1) is 13.3. The van der Waals surface area contributed by atoms with E-state index < -0.39 is 11.9 Å². The summed E-state index contributed by atoms with van der Waals surface area (Å²) in [5, 5.41) is 15.6. The molecular weight excluding hydrogens is 358 g/mol. The summed E-state index contributed by atoms with van der Waals surface area (Å²) in [6.45, 7) is 5.63. The summed E-state index contributed by atoms with van der Waals surface area (Å²) in [6, 6.07) is 7.03. The molecule has 152 valence electrons. The molecule has 2 saturated heterocycles. The van der Waals surface area contributed by atoms with Crippen molar-refractivity contribution < 1.29 is 24.5 Å². The van der Waals surface area contributed by atoms with Gasteiger partial charge in [-0.2, -0.15) is 0 Å². The van der Waals surface area contributed by atoms with E-state index in [9.17, 15) is 9.59 Å². The van der Waals surface area contributed by atoms with Gasteiger partial charge in [-0.1, -0.05) is 23.8 Å². The second-order valence-electron chi connectivity index (χ2n) is 8.08. The van der Waals surface area contributed by atoms with Crippen LogP contribution in [0.5, 0.6) is 0 Å². The van der Waals surface area contributed by atoms with Gasteiger partial charge in [-0.25, -0.2) is 9.59 Å². The number of ether oxygens (including phenoxy) is 1. The van der Waals surface area contributed by atoms with Crippen LogP contribution in [0.4, 0.5) is 0 Å². The highest BCUT2D eigenvalue weighted by Gasteiger charge is 2.55. The lowest BCUT2D eigenvalue weighted by atomic mass is 9.72. The van der Waals surface area contributed by atoms with Crippen LogP contribution in [-0.4, -0.2) is 53.8 Å². The molecule has 1 aliphatic carbocycles. The molecule has 0 spiro atoms. The lowest BCUT2D eigenvalue weighted by Gasteiger charge is -2.42. The highest BCUT2D eigenvalue weighted by atomic mass is 16.5. The number of nitrogens with zero attached hydrogens (tertiary/aromatic N) is 1. The smallest absolute Gasteiger partial charge is 0.328 e. The van der Waals surface area contributed by atoms with Crippen LogP contribution < -0.4 is 0 Å². The number of aryl methyl sites for hydroxylation is 1. The molecule has 0 aromatic heterocycles. The number of hydrogen-bond donors (Lipinski definition) is 2. The molecule has 0 saturated carbocycles. The first-order valence-corrected chi connectivity index (χ1v) is 9.89. The molecule has 2 aliphatic heterocycles. The molecule has 6 heteroatoms. The van der Waals surface area contributed by atoms with E-state index >= 15 is 0 Å². The third kappa shape index (κ3) is 4.13. The number of carboxylic acid groups (broad SMARTS) is 2. The van der Waals surface area contributed by atoms with Crippen LogP contribution in [0, 0.1) is 18.8 Å². The predicted molar refractivity (Wildman–Crippen MR) is 105 cm³/mol. The van der Waals surface area contributed by atoms with Gasteiger partial charge in [0.2, 0.25) is 0 Å². The van der Waals surface area contributed by atoms with Crippen molar-refractivity contribution in [2.24, 2.45) is 11.8 Å². The molecule has 0 bridgehead atoms. The Morgan fingerprint density at radius 2 is 1.75 bits per heavy atom. The SMILES string of the molecule is Cc1ccc2c(c1)C1(C3CCN(C)CC3)OCCC1C2.O=C(O)/C=C/C(=O)O. The molecule has 1 aromatic rings. The van der Waals surface area contributed by atoms with Gasteiger partial charge in [0.25, 0.3) is 0 Å². The second kappa shape index (κ2) is 8.45. The van der Waals surface area contributed by atoms with Gasteiger partial charge in [-0.05, 0) is 75.7 Å².